The van der Waals surface area contributed by atoms with Crippen LogP contribution in [0.5, 0.6) is 0 Å². The number of halogens is 4. The Labute approximate surface area is 126 Å². The van der Waals surface area contributed by atoms with Crippen molar-refractivity contribution in [3.63, 3.8) is 0 Å². The van der Waals surface area contributed by atoms with Crippen molar-refractivity contribution in [2.75, 3.05) is 5.32 Å². The topological polar surface area (TPSA) is 38.0 Å². The van der Waals surface area contributed by atoms with Crippen LogP contribution in [0.15, 0.2) is 34.8 Å². The fourth-order valence-electron chi connectivity index (χ4n) is 1.56. The van der Waals surface area contributed by atoms with Gasteiger partial charge in [-0.05, 0) is 46.3 Å². The smallest absolute Gasteiger partial charge is 0.150 e. The van der Waals surface area contributed by atoms with Crippen LogP contribution in [0.1, 0.15) is 5.56 Å². The molecule has 104 valence electrons. The fourth-order valence-corrected chi connectivity index (χ4v) is 2.03. The van der Waals surface area contributed by atoms with Crippen LogP contribution in [0.3, 0.4) is 0 Å². The van der Waals surface area contributed by atoms with Crippen LogP contribution in [-0.2, 0) is 0 Å². The number of nitrogens with one attached hydrogen (secondary N) is 1. The van der Waals surface area contributed by atoms with Crippen molar-refractivity contribution in [2.45, 2.75) is 0 Å². The Bertz CT molecular complexity index is 668. The fraction of sp³-hybridized carbons (Fsp3) is 0. The highest BCUT2D eigenvalue weighted by atomic mass is 79.9. The summed E-state index contributed by atoms with van der Waals surface area (Å²) in [5.74, 6) is -2.27. The Morgan fingerprint density at radius 3 is 2.25 bits per heavy atom. The van der Waals surface area contributed by atoms with E-state index in [0.29, 0.717) is 4.47 Å². The third-order valence-corrected chi connectivity index (χ3v) is 3.44. The van der Waals surface area contributed by atoms with Crippen LogP contribution >= 0.6 is 28.1 Å². The molecule has 0 bridgehead atoms. The van der Waals surface area contributed by atoms with Crippen molar-refractivity contribution in [1.82, 2.24) is 0 Å². The molecule has 3 N–H and O–H groups in total. The summed E-state index contributed by atoms with van der Waals surface area (Å²) in [5, 5.41) is 2.49. The van der Waals surface area contributed by atoms with Crippen molar-refractivity contribution in [1.29, 1.82) is 0 Å². The van der Waals surface area contributed by atoms with E-state index in [1.165, 1.54) is 12.1 Å². The van der Waals surface area contributed by atoms with Crippen molar-refractivity contribution in [3.05, 3.63) is 57.8 Å². The first-order chi connectivity index (χ1) is 9.38. The van der Waals surface area contributed by atoms with Gasteiger partial charge in [0.2, 0.25) is 0 Å². The zero-order chi connectivity index (χ0) is 14.9. The van der Waals surface area contributed by atoms with Crippen LogP contribution in [0.25, 0.3) is 0 Å². The molecule has 0 saturated heterocycles. The van der Waals surface area contributed by atoms with Gasteiger partial charge >= 0.3 is 0 Å². The van der Waals surface area contributed by atoms with E-state index in [-0.39, 0.29) is 16.2 Å². The lowest BCUT2D eigenvalue weighted by molar-refractivity contribution is 0.590. The average Bonchev–Trinajstić information content (AvgIpc) is 2.37. The lowest BCUT2D eigenvalue weighted by Crippen LogP contribution is -2.11. The van der Waals surface area contributed by atoms with Crippen molar-refractivity contribution in [3.8, 4) is 0 Å². The maximum Gasteiger partial charge on any atom is 0.150 e. The summed E-state index contributed by atoms with van der Waals surface area (Å²) in [6.07, 6.45) is 0. The molecule has 2 aromatic carbocycles. The number of hydrogen-bond acceptors (Lipinski definition) is 2. The van der Waals surface area contributed by atoms with Crippen molar-refractivity contribution >= 4 is 44.5 Å². The van der Waals surface area contributed by atoms with Gasteiger partial charge in [0.05, 0.1) is 5.69 Å². The van der Waals surface area contributed by atoms with Gasteiger partial charge in [0.25, 0.3) is 0 Å². The van der Waals surface area contributed by atoms with Gasteiger partial charge in [-0.1, -0.05) is 12.2 Å². The van der Waals surface area contributed by atoms with E-state index in [1.807, 2.05) is 0 Å². The lowest BCUT2D eigenvalue weighted by atomic mass is 10.1. The highest BCUT2D eigenvalue weighted by Crippen LogP contribution is 2.30. The molecule has 2 aromatic rings. The summed E-state index contributed by atoms with van der Waals surface area (Å²) >= 11 is 7.82. The third kappa shape index (κ3) is 3.10. The molecule has 0 aliphatic rings. The summed E-state index contributed by atoms with van der Waals surface area (Å²) in [6.45, 7) is 0. The molecule has 0 aromatic heterocycles. The predicted molar refractivity (Wildman–Crippen MR) is 79.6 cm³/mol. The maximum atomic E-state index is 13.9. The minimum absolute atomic E-state index is 0.0823. The number of hydrogen-bond donors (Lipinski definition) is 2. The van der Waals surface area contributed by atoms with E-state index < -0.39 is 23.1 Å². The molecule has 0 unspecified atom stereocenters. The molecule has 0 radical (unpaired) electrons. The predicted octanol–water partition coefficient (Wildman–Crippen LogP) is 4.24. The maximum absolute atomic E-state index is 13.9. The first kappa shape index (κ1) is 14.8. The lowest BCUT2D eigenvalue weighted by Gasteiger charge is -2.12. The van der Waals surface area contributed by atoms with E-state index in [0.717, 1.165) is 18.2 Å². The first-order valence-electron chi connectivity index (χ1n) is 5.39. The summed E-state index contributed by atoms with van der Waals surface area (Å²) in [4.78, 5) is -0.110. The van der Waals surface area contributed by atoms with Gasteiger partial charge in [0, 0.05) is 10.0 Å². The number of thiocarbonyl (C=S) groups is 1. The Balaban J connectivity index is 2.44. The molecule has 0 saturated carbocycles. The number of benzene rings is 2. The Morgan fingerprint density at radius 1 is 1.10 bits per heavy atom. The monoisotopic (exact) mass is 360 g/mol. The third-order valence-electron chi connectivity index (χ3n) is 2.51. The Kier molecular flexibility index (Phi) is 4.29. The van der Waals surface area contributed by atoms with Crippen LogP contribution in [0, 0.1) is 17.5 Å². The Hall–Kier alpha value is -1.60. The quantitative estimate of drug-likeness (QED) is 0.803. The average molecular weight is 361 g/mol. The normalized spacial score (nSPS) is 10.4. The molecule has 20 heavy (non-hydrogen) atoms. The Morgan fingerprint density at radius 2 is 1.70 bits per heavy atom. The molecule has 7 heteroatoms. The molecule has 0 amide bonds. The highest BCUT2D eigenvalue weighted by molar-refractivity contribution is 9.10. The summed E-state index contributed by atoms with van der Waals surface area (Å²) in [6, 6.07) is 5.79. The van der Waals surface area contributed by atoms with Gasteiger partial charge in [-0.2, -0.15) is 0 Å². The largest absolute Gasteiger partial charge is 0.389 e. The van der Waals surface area contributed by atoms with E-state index in [1.54, 1.807) is 0 Å². The second kappa shape index (κ2) is 5.80. The second-order valence-corrected chi connectivity index (χ2v) is 5.22. The van der Waals surface area contributed by atoms with Gasteiger partial charge < -0.3 is 11.1 Å². The van der Waals surface area contributed by atoms with Crippen LogP contribution in [0.2, 0.25) is 0 Å². The zero-order valence-electron chi connectivity index (χ0n) is 9.88. The van der Waals surface area contributed by atoms with E-state index in [9.17, 15) is 13.2 Å². The highest BCUT2D eigenvalue weighted by Gasteiger charge is 2.14. The van der Waals surface area contributed by atoms with E-state index in [2.05, 4.69) is 33.5 Å². The molecular weight excluding hydrogens is 353 g/mol. The molecule has 0 aliphatic carbocycles. The van der Waals surface area contributed by atoms with Crippen molar-refractivity contribution in [2.24, 2.45) is 5.73 Å². The molecular formula is C13H8BrF3N2S. The van der Waals surface area contributed by atoms with Gasteiger partial charge in [-0.3, -0.25) is 0 Å². The molecule has 0 heterocycles. The SMILES string of the molecule is NC(=S)c1cc(F)c(Nc2cc(F)ccc2Br)c(F)c1. The van der Waals surface area contributed by atoms with Gasteiger partial charge in [0.1, 0.15) is 28.1 Å². The van der Waals surface area contributed by atoms with E-state index >= 15 is 0 Å². The van der Waals surface area contributed by atoms with E-state index in [4.69, 9.17) is 5.73 Å². The van der Waals surface area contributed by atoms with Crippen LogP contribution in [-0.4, -0.2) is 4.99 Å². The van der Waals surface area contributed by atoms with Gasteiger partial charge in [-0.25, -0.2) is 13.2 Å². The zero-order valence-corrected chi connectivity index (χ0v) is 12.3. The van der Waals surface area contributed by atoms with Gasteiger partial charge in [0.15, 0.2) is 0 Å². The number of anilines is 2. The summed E-state index contributed by atoms with van der Waals surface area (Å²) in [7, 11) is 0. The minimum atomic E-state index is -0.871. The number of rotatable bonds is 3. The van der Waals surface area contributed by atoms with Gasteiger partial charge in [-0.15, -0.1) is 0 Å². The molecule has 0 aliphatic heterocycles. The van der Waals surface area contributed by atoms with Crippen LogP contribution in [0.4, 0.5) is 24.5 Å². The standard InChI is InChI=1S/C13H8BrF3N2S/c14-8-2-1-7(15)5-11(8)19-12-9(16)3-6(13(18)20)4-10(12)17/h1-5,19H,(H2,18,20). The molecule has 2 nitrogen and oxygen atoms in total. The molecule has 0 atom stereocenters. The molecule has 2 rings (SSSR count). The van der Waals surface area contributed by atoms with Crippen LogP contribution < -0.4 is 11.1 Å². The minimum Gasteiger partial charge on any atom is -0.389 e. The van der Waals surface area contributed by atoms with Crippen molar-refractivity contribution < 1.29 is 13.2 Å². The number of nitrogens with two attached hydrogens (primary N) is 1. The molecule has 0 spiro atoms. The summed E-state index contributed by atoms with van der Waals surface area (Å²) in [5.41, 5.74) is 5.19. The second-order valence-electron chi connectivity index (χ2n) is 3.93. The first-order valence-corrected chi connectivity index (χ1v) is 6.59. The molecule has 0 fully saturated rings. The summed E-state index contributed by atoms with van der Waals surface area (Å²) < 4.78 is 41.3.